The molecule has 5 nitrogen and oxygen atoms in total. The van der Waals surface area contributed by atoms with Gasteiger partial charge in [0, 0.05) is 27.9 Å². The lowest BCUT2D eigenvalue weighted by Crippen LogP contribution is -2.38. The Kier molecular flexibility index (Phi) is 6.94. The predicted octanol–water partition coefficient (Wildman–Crippen LogP) is 5.06. The molecule has 2 heterocycles. The summed E-state index contributed by atoms with van der Waals surface area (Å²) in [5, 5.41) is 4.06. The van der Waals surface area contributed by atoms with Gasteiger partial charge in [0.05, 0.1) is 12.7 Å². The quantitative estimate of drug-likeness (QED) is 0.628. The van der Waals surface area contributed by atoms with Gasteiger partial charge in [-0.05, 0) is 69.3 Å². The summed E-state index contributed by atoms with van der Waals surface area (Å²) in [4.78, 5) is 28.6. The maximum atomic E-state index is 14.1. The minimum absolute atomic E-state index is 0.0627. The number of rotatable bonds is 5. The van der Waals surface area contributed by atoms with E-state index >= 15 is 0 Å². The summed E-state index contributed by atoms with van der Waals surface area (Å²) in [5.74, 6) is -0.889. The molecule has 0 atom stereocenters. The number of fused-ring (bicyclic) bond motifs is 1. The van der Waals surface area contributed by atoms with Gasteiger partial charge in [0.2, 0.25) is 5.91 Å². The van der Waals surface area contributed by atoms with Crippen molar-refractivity contribution in [1.82, 2.24) is 4.90 Å². The number of hydrogen-bond acceptors (Lipinski definition) is 5. The number of nitrogens with one attached hydrogen (secondary N) is 1. The summed E-state index contributed by atoms with van der Waals surface area (Å²) >= 11 is 7.65. The molecule has 0 unspecified atom stereocenters. The standard InChI is InChI=1S/C23H26ClFN2O3S/c1-30-23(29)20-15-5-2-3-8-19(15)31-22(20)26-21(28)14-9-11-27(12-10-14)13-16-17(24)6-4-7-18(16)25/h4,6-7,14H,2-3,5,8-13H2,1H3,(H,26,28). The fraction of sp³-hybridized carbons (Fsp3) is 0.478. The van der Waals surface area contributed by atoms with Crippen LogP contribution in [0, 0.1) is 11.7 Å². The molecule has 2 aliphatic rings. The van der Waals surface area contributed by atoms with Gasteiger partial charge < -0.3 is 10.1 Å². The number of amides is 1. The minimum Gasteiger partial charge on any atom is -0.465 e. The van der Waals surface area contributed by atoms with Crippen molar-refractivity contribution in [1.29, 1.82) is 0 Å². The molecule has 1 aromatic heterocycles. The van der Waals surface area contributed by atoms with E-state index in [0.29, 0.717) is 53.6 Å². The number of thiophene rings is 1. The van der Waals surface area contributed by atoms with E-state index in [1.807, 2.05) is 0 Å². The molecule has 0 saturated carbocycles. The van der Waals surface area contributed by atoms with Gasteiger partial charge >= 0.3 is 5.97 Å². The zero-order valence-corrected chi connectivity index (χ0v) is 19.1. The summed E-state index contributed by atoms with van der Waals surface area (Å²) < 4.78 is 19.1. The average molecular weight is 465 g/mol. The molecule has 1 aromatic carbocycles. The van der Waals surface area contributed by atoms with Crippen molar-refractivity contribution < 1.29 is 18.7 Å². The second-order valence-electron chi connectivity index (χ2n) is 8.15. The van der Waals surface area contributed by atoms with Crippen LogP contribution in [0.25, 0.3) is 0 Å². The third kappa shape index (κ3) is 4.78. The normalized spacial score (nSPS) is 17.3. The first kappa shape index (κ1) is 22.2. The van der Waals surface area contributed by atoms with Gasteiger partial charge in [-0.1, -0.05) is 17.7 Å². The second-order valence-corrected chi connectivity index (χ2v) is 9.66. The van der Waals surface area contributed by atoms with Crippen LogP contribution in [0.3, 0.4) is 0 Å². The number of esters is 1. The number of ether oxygens (including phenoxy) is 1. The van der Waals surface area contributed by atoms with Crippen LogP contribution in [0.4, 0.5) is 9.39 Å². The number of methoxy groups -OCH3 is 1. The predicted molar refractivity (Wildman–Crippen MR) is 120 cm³/mol. The van der Waals surface area contributed by atoms with E-state index in [2.05, 4.69) is 10.2 Å². The maximum Gasteiger partial charge on any atom is 0.341 e. The topological polar surface area (TPSA) is 58.6 Å². The molecule has 1 saturated heterocycles. The SMILES string of the molecule is COC(=O)c1c(NC(=O)C2CCN(Cc3c(F)cccc3Cl)CC2)sc2c1CCCC2. The monoisotopic (exact) mass is 464 g/mol. The lowest BCUT2D eigenvalue weighted by molar-refractivity contribution is -0.121. The fourth-order valence-corrected chi connectivity index (χ4v) is 5.95. The van der Waals surface area contributed by atoms with Crippen molar-refractivity contribution in [3.05, 3.63) is 50.6 Å². The Bertz CT molecular complexity index is 965. The van der Waals surface area contributed by atoms with Crippen LogP contribution in [-0.4, -0.2) is 37.0 Å². The Labute approximate surface area is 190 Å². The number of benzene rings is 1. The van der Waals surface area contributed by atoms with E-state index < -0.39 is 0 Å². The molecule has 8 heteroatoms. The fourth-order valence-electron chi connectivity index (χ4n) is 4.45. The maximum absolute atomic E-state index is 14.1. The van der Waals surface area contributed by atoms with E-state index in [-0.39, 0.29) is 23.6 Å². The van der Waals surface area contributed by atoms with Crippen LogP contribution in [0.1, 0.15) is 52.0 Å². The van der Waals surface area contributed by atoms with Gasteiger partial charge in [0.15, 0.2) is 0 Å². The molecule has 1 amide bonds. The number of anilines is 1. The molecule has 1 fully saturated rings. The lowest BCUT2D eigenvalue weighted by atomic mass is 9.94. The van der Waals surface area contributed by atoms with Crippen molar-refractivity contribution in [2.45, 2.75) is 45.1 Å². The molecule has 0 bridgehead atoms. The number of likely N-dealkylation sites (tertiary alicyclic amines) is 1. The Hall–Kier alpha value is -1.96. The van der Waals surface area contributed by atoms with Crippen molar-refractivity contribution in [2.75, 3.05) is 25.5 Å². The van der Waals surface area contributed by atoms with Gasteiger partial charge in [-0.2, -0.15) is 0 Å². The van der Waals surface area contributed by atoms with Crippen molar-refractivity contribution in [3.8, 4) is 0 Å². The third-order valence-corrected chi connectivity index (χ3v) is 7.76. The smallest absolute Gasteiger partial charge is 0.341 e. The summed E-state index contributed by atoms with van der Waals surface area (Å²) in [6.07, 6.45) is 5.30. The van der Waals surface area contributed by atoms with E-state index in [4.69, 9.17) is 16.3 Å². The number of nitrogens with zero attached hydrogens (tertiary/aromatic N) is 1. The van der Waals surface area contributed by atoms with Crippen LogP contribution in [0.15, 0.2) is 18.2 Å². The van der Waals surface area contributed by atoms with Gasteiger partial charge in [0.25, 0.3) is 0 Å². The van der Waals surface area contributed by atoms with Crippen LogP contribution in [-0.2, 0) is 28.9 Å². The second kappa shape index (κ2) is 9.67. The van der Waals surface area contributed by atoms with Gasteiger partial charge in [-0.15, -0.1) is 11.3 Å². The first-order valence-electron chi connectivity index (χ1n) is 10.7. The van der Waals surface area contributed by atoms with E-state index in [9.17, 15) is 14.0 Å². The molecule has 2 aromatic rings. The Morgan fingerprint density at radius 1 is 1.26 bits per heavy atom. The number of hydrogen-bond donors (Lipinski definition) is 1. The van der Waals surface area contributed by atoms with Crippen LogP contribution in [0.5, 0.6) is 0 Å². The zero-order chi connectivity index (χ0) is 22.0. The van der Waals surface area contributed by atoms with E-state index in [0.717, 1.165) is 31.2 Å². The zero-order valence-electron chi connectivity index (χ0n) is 17.5. The van der Waals surface area contributed by atoms with Crippen LogP contribution in [0.2, 0.25) is 5.02 Å². The molecule has 4 rings (SSSR count). The lowest BCUT2D eigenvalue weighted by Gasteiger charge is -2.31. The number of carbonyl (C=O) groups excluding carboxylic acids is 2. The highest BCUT2D eigenvalue weighted by atomic mass is 35.5. The van der Waals surface area contributed by atoms with Crippen LogP contribution < -0.4 is 5.32 Å². The molecule has 0 spiro atoms. The van der Waals surface area contributed by atoms with Crippen molar-refractivity contribution in [2.24, 2.45) is 5.92 Å². The highest BCUT2D eigenvalue weighted by Crippen LogP contribution is 2.39. The van der Waals surface area contributed by atoms with Gasteiger partial charge in [-0.3, -0.25) is 9.69 Å². The van der Waals surface area contributed by atoms with Crippen molar-refractivity contribution >= 4 is 39.8 Å². The highest BCUT2D eigenvalue weighted by Gasteiger charge is 2.30. The molecule has 1 aliphatic carbocycles. The Morgan fingerprint density at radius 2 is 2.00 bits per heavy atom. The summed E-state index contributed by atoms with van der Waals surface area (Å²) in [7, 11) is 1.37. The Balaban J connectivity index is 1.40. The minimum atomic E-state index is -0.383. The third-order valence-electron chi connectivity index (χ3n) is 6.20. The molecular weight excluding hydrogens is 439 g/mol. The summed E-state index contributed by atoms with van der Waals surface area (Å²) in [6.45, 7) is 1.81. The largest absolute Gasteiger partial charge is 0.465 e. The van der Waals surface area contributed by atoms with E-state index in [1.165, 1.54) is 29.4 Å². The van der Waals surface area contributed by atoms with E-state index in [1.54, 1.807) is 12.1 Å². The number of piperidine rings is 1. The van der Waals surface area contributed by atoms with Gasteiger partial charge in [-0.25, -0.2) is 9.18 Å². The molecule has 1 N–H and O–H groups in total. The molecule has 31 heavy (non-hydrogen) atoms. The molecule has 166 valence electrons. The number of halogens is 2. The Morgan fingerprint density at radius 3 is 2.71 bits per heavy atom. The summed E-state index contributed by atoms with van der Waals surface area (Å²) in [6, 6.07) is 4.71. The first-order valence-corrected chi connectivity index (χ1v) is 11.9. The number of aryl methyl sites for hydroxylation is 1. The van der Waals surface area contributed by atoms with Gasteiger partial charge in [0.1, 0.15) is 10.8 Å². The average Bonchev–Trinajstić information content (AvgIpc) is 3.14. The number of carbonyl (C=O) groups is 2. The molecule has 0 radical (unpaired) electrons. The highest BCUT2D eigenvalue weighted by molar-refractivity contribution is 7.17. The summed E-state index contributed by atoms with van der Waals surface area (Å²) in [5.41, 5.74) is 2.07. The molecule has 1 aliphatic heterocycles. The molecular formula is C23H26ClFN2O3S. The van der Waals surface area contributed by atoms with Crippen molar-refractivity contribution in [3.63, 3.8) is 0 Å². The first-order chi connectivity index (χ1) is 15.0. The van der Waals surface area contributed by atoms with Crippen LogP contribution >= 0.6 is 22.9 Å².